The lowest BCUT2D eigenvalue weighted by Crippen LogP contribution is -2.33. The van der Waals surface area contributed by atoms with Gasteiger partial charge in [0.15, 0.2) is 11.5 Å². The number of rotatable bonds is 3. The summed E-state index contributed by atoms with van der Waals surface area (Å²) < 4.78 is 10.4. The van der Waals surface area contributed by atoms with Gasteiger partial charge in [0.1, 0.15) is 0 Å². The highest BCUT2D eigenvalue weighted by Crippen LogP contribution is 2.32. The Kier molecular flexibility index (Phi) is 3.19. The van der Waals surface area contributed by atoms with Crippen LogP contribution in [0.25, 0.3) is 0 Å². The molecule has 1 aliphatic heterocycles. The maximum absolute atomic E-state index is 11.8. The molecule has 5 heteroatoms. The number of benzene rings is 1. The molecule has 1 aliphatic rings. The fraction of sp³-hybridized carbons (Fsp3) is 0.417. The van der Waals surface area contributed by atoms with Crippen LogP contribution in [-0.2, 0) is 4.79 Å². The maximum Gasteiger partial charge on any atom is 0.243 e. The lowest BCUT2D eigenvalue weighted by atomic mass is 10.2. The molecule has 2 rings (SSSR count). The van der Waals surface area contributed by atoms with E-state index in [-0.39, 0.29) is 11.9 Å². The van der Waals surface area contributed by atoms with Crippen molar-refractivity contribution in [2.75, 3.05) is 25.7 Å². The monoisotopic (exact) mass is 236 g/mol. The van der Waals surface area contributed by atoms with E-state index in [9.17, 15) is 4.79 Å². The summed E-state index contributed by atoms with van der Waals surface area (Å²) in [6, 6.07) is 5.01. The molecule has 0 bridgehead atoms. The first kappa shape index (κ1) is 11.7. The molecule has 92 valence electrons. The number of hydrogen-bond donors (Lipinski definition) is 1. The minimum absolute atomic E-state index is 0.0442. The van der Waals surface area contributed by atoms with Crippen LogP contribution in [0, 0.1) is 0 Å². The number of carbonyl (C=O) groups is 1. The van der Waals surface area contributed by atoms with E-state index < -0.39 is 0 Å². The van der Waals surface area contributed by atoms with Crippen LogP contribution in [0.3, 0.4) is 0 Å². The standard InChI is InChI=1S/C12H16N2O3/c1-16-10-4-3-8(7-11(10)17-2)14-6-5-9(13)12(14)15/h3-4,7,9H,5-6,13H2,1-2H3. The molecule has 1 amide bonds. The summed E-state index contributed by atoms with van der Waals surface area (Å²) in [5.41, 5.74) is 6.48. The van der Waals surface area contributed by atoms with Crippen molar-refractivity contribution in [2.24, 2.45) is 5.73 Å². The van der Waals surface area contributed by atoms with Crippen molar-refractivity contribution in [3.05, 3.63) is 18.2 Å². The third-order valence-electron chi connectivity index (χ3n) is 2.93. The smallest absolute Gasteiger partial charge is 0.243 e. The summed E-state index contributed by atoms with van der Waals surface area (Å²) >= 11 is 0. The summed E-state index contributed by atoms with van der Waals surface area (Å²) in [4.78, 5) is 13.5. The molecule has 1 fully saturated rings. The van der Waals surface area contributed by atoms with Crippen molar-refractivity contribution in [3.8, 4) is 11.5 Å². The van der Waals surface area contributed by atoms with Crippen molar-refractivity contribution in [3.63, 3.8) is 0 Å². The van der Waals surface area contributed by atoms with Crippen LogP contribution in [0.5, 0.6) is 11.5 Å². The maximum atomic E-state index is 11.8. The lowest BCUT2D eigenvalue weighted by Gasteiger charge is -2.18. The first-order chi connectivity index (χ1) is 8.17. The summed E-state index contributed by atoms with van der Waals surface area (Å²) in [5, 5.41) is 0. The van der Waals surface area contributed by atoms with Gasteiger partial charge in [0.2, 0.25) is 5.91 Å². The molecule has 0 aliphatic carbocycles. The molecule has 0 saturated carbocycles. The van der Waals surface area contributed by atoms with E-state index in [0.29, 0.717) is 24.5 Å². The summed E-state index contributed by atoms with van der Waals surface area (Å²) in [7, 11) is 3.15. The minimum atomic E-state index is -0.386. The first-order valence-corrected chi connectivity index (χ1v) is 5.46. The largest absolute Gasteiger partial charge is 0.493 e. The SMILES string of the molecule is COc1ccc(N2CCC(N)C2=O)cc1OC. The molecule has 1 aromatic carbocycles. The predicted octanol–water partition coefficient (Wildman–Crippen LogP) is 0.768. The molecule has 0 radical (unpaired) electrons. The highest BCUT2D eigenvalue weighted by atomic mass is 16.5. The molecule has 0 aromatic heterocycles. The van der Waals surface area contributed by atoms with Crippen LogP contribution >= 0.6 is 0 Å². The van der Waals surface area contributed by atoms with Crippen LogP contribution in [0.2, 0.25) is 0 Å². The molecule has 2 N–H and O–H groups in total. The van der Waals surface area contributed by atoms with E-state index in [2.05, 4.69) is 0 Å². The Bertz CT molecular complexity index is 434. The van der Waals surface area contributed by atoms with E-state index in [1.165, 1.54) is 0 Å². The van der Waals surface area contributed by atoms with Crippen LogP contribution < -0.4 is 20.1 Å². The van der Waals surface area contributed by atoms with Gasteiger partial charge in [0, 0.05) is 18.3 Å². The molecule has 1 atom stereocenters. The van der Waals surface area contributed by atoms with Gasteiger partial charge in [-0.3, -0.25) is 4.79 Å². The number of anilines is 1. The molecule has 0 spiro atoms. The average Bonchev–Trinajstić information content (AvgIpc) is 2.69. The van der Waals surface area contributed by atoms with Gasteiger partial charge in [0.25, 0.3) is 0 Å². The van der Waals surface area contributed by atoms with Crippen LogP contribution in [0.4, 0.5) is 5.69 Å². The van der Waals surface area contributed by atoms with E-state index in [1.807, 2.05) is 6.07 Å². The Morgan fingerprint density at radius 1 is 1.29 bits per heavy atom. The quantitative estimate of drug-likeness (QED) is 0.841. The molecule has 17 heavy (non-hydrogen) atoms. The van der Waals surface area contributed by atoms with E-state index in [0.717, 1.165) is 5.69 Å². The van der Waals surface area contributed by atoms with Gasteiger partial charge in [-0.25, -0.2) is 0 Å². The summed E-state index contributed by atoms with van der Waals surface area (Å²) in [5.74, 6) is 1.21. The second-order valence-corrected chi connectivity index (χ2v) is 3.92. The highest BCUT2D eigenvalue weighted by molar-refractivity contribution is 5.99. The number of hydrogen-bond acceptors (Lipinski definition) is 4. The molecular formula is C12H16N2O3. The lowest BCUT2D eigenvalue weighted by molar-refractivity contribution is -0.118. The van der Waals surface area contributed by atoms with Crippen LogP contribution in [0.1, 0.15) is 6.42 Å². The third-order valence-corrected chi connectivity index (χ3v) is 2.93. The van der Waals surface area contributed by atoms with Crippen LogP contribution in [-0.4, -0.2) is 32.7 Å². The fourth-order valence-electron chi connectivity index (χ4n) is 1.95. The highest BCUT2D eigenvalue weighted by Gasteiger charge is 2.29. The zero-order chi connectivity index (χ0) is 12.4. The number of amides is 1. The molecule has 1 heterocycles. The molecule has 1 aromatic rings. The van der Waals surface area contributed by atoms with Crippen molar-refractivity contribution >= 4 is 11.6 Å². The van der Waals surface area contributed by atoms with Gasteiger partial charge < -0.3 is 20.1 Å². The summed E-state index contributed by atoms with van der Waals surface area (Å²) in [6.07, 6.45) is 0.688. The zero-order valence-electron chi connectivity index (χ0n) is 9.97. The van der Waals surface area contributed by atoms with Gasteiger partial charge in [-0.05, 0) is 18.6 Å². The number of methoxy groups -OCH3 is 2. The second kappa shape index (κ2) is 4.63. The third kappa shape index (κ3) is 2.06. The first-order valence-electron chi connectivity index (χ1n) is 5.46. The Balaban J connectivity index is 2.31. The van der Waals surface area contributed by atoms with E-state index in [1.54, 1.807) is 31.3 Å². The van der Waals surface area contributed by atoms with Crippen molar-refractivity contribution < 1.29 is 14.3 Å². The van der Waals surface area contributed by atoms with Gasteiger partial charge >= 0.3 is 0 Å². The summed E-state index contributed by atoms with van der Waals surface area (Å²) in [6.45, 7) is 0.648. The van der Waals surface area contributed by atoms with Crippen molar-refractivity contribution in [2.45, 2.75) is 12.5 Å². The van der Waals surface area contributed by atoms with Gasteiger partial charge in [0.05, 0.1) is 20.3 Å². The second-order valence-electron chi connectivity index (χ2n) is 3.92. The number of nitrogens with two attached hydrogens (primary N) is 1. The topological polar surface area (TPSA) is 64.8 Å². The molecule has 1 saturated heterocycles. The van der Waals surface area contributed by atoms with E-state index >= 15 is 0 Å². The van der Waals surface area contributed by atoms with Gasteiger partial charge in [-0.15, -0.1) is 0 Å². The molecular weight excluding hydrogens is 220 g/mol. The Labute approximate surface area is 100 Å². The Morgan fingerprint density at radius 3 is 2.53 bits per heavy atom. The van der Waals surface area contributed by atoms with E-state index in [4.69, 9.17) is 15.2 Å². The average molecular weight is 236 g/mol. The zero-order valence-corrected chi connectivity index (χ0v) is 9.97. The Morgan fingerprint density at radius 2 is 2.00 bits per heavy atom. The Hall–Kier alpha value is -1.75. The molecule has 1 unspecified atom stereocenters. The number of ether oxygens (including phenoxy) is 2. The normalized spacial score (nSPS) is 19.6. The number of nitrogens with zero attached hydrogens (tertiary/aromatic N) is 1. The van der Waals surface area contributed by atoms with Crippen molar-refractivity contribution in [1.82, 2.24) is 0 Å². The van der Waals surface area contributed by atoms with Gasteiger partial charge in [-0.1, -0.05) is 0 Å². The fourth-order valence-corrected chi connectivity index (χ4v) is 1.95. The minimum Gasteiger partial charge on any atom is -0.493 e. The van der Waals surface area contributed by atoms with Gasteiger partial charge in [-0.2, -0.15) is 0 Å². The van der Waals surface area contributed by atoms with Crippen LogP contribution in [0.15, 0.2) is 18.2 Å². The predicted molar refractivity (Wildman–Crippen MR) is 64.5 cm³/mol. The molecule has 5 nitrogen and oxygen atoms in total. The number of carbonyl (C=O) groups excluding carboxylic acids is 1. The van der Waals surface area contributed by atoms with Crippen molar-refractivity contribution in [1.29, 1.82) is 0 Å².